The lowest BCUT2D eigenvalue weighted by atomic mass is 10.2. The van der Waals surface area contributed by atoms with Gasteiger partial charge in [0, 0.05) is 5.56 Å². The summed E-state index contributed by atoms with van der Waals surface area (Å²) < 4.78 is 19.1. The van der Waals surface area contributed by atoms with Gasteiger partial charge in [0.05, 0.1) is 12.6 Å². The normalized spacial score (nSPS) is 10.9. The lowest BCUT2D eigenvalue weighted by Gasteiger charge is -2.10. The maximum atomic E-state index is 13.8. The van der Waals surface area contributed by atoms with E-state index in [9.17, 15) is 4.39 Å². The fourth-order valence-corrected chi connectivity index (χ4v) is 1.51. The Morgan fingerprint density at radius 2 is 2.22 bits per heavy atom. The number of nitrogens with two attached hydrogens (primary N) is 1. The average Bonchev–Trinajstić information content (AvgIpc) is 2.80. The second-order valence-corrected chi connectivity index (χ2v) is 4.12. The highest BCUT2D eigenvalue weighted by Crippen LogP contribution is 2.24. The Morgan fingerprint density at radius 1 is 1.44 bits per heavy atom. The predicted molar refractivity (Wildman–Crippen MR) is 65.4 cm³/mol. The summed E-state index contributed by atoms with van der Waals surface area (Å²) in [6, 6.07) is 4.63. The first-order chi connectivity index (χ1) is 8.60. The van der Waals surface area contributed by atoms with Gasteiger partial charge in [-0.3, -0.25) is 5.10 Å². The van der Waals surface area contributed by atoms with Gasteiger partial charge in [-0.25, -0.2) is 9.37 Å². The molecule has 0 bridgehead atoms. The number of aromatic amines is 1. The number of nitrogens with zero attached hydrogens (tertiary/aromatic N) is 2. The Hall–Kier alpha value is -1.95. The average molecular weight is 250 g/mol. The molecule has 1 aromatic heterocycles. The lowest BCUT2D eigenvalue weighted by molar-refractivity contribution is 0.231. The smallest absolute Gasteiger partial charge is 0.181 e. The van der Waals surface area contributed by atoms with E-state index in [1.807, 2.05) is 13.8 Å². The summed E-state index contributed by atoms with van der Waals surface area (Å²) in [5.74, 6) is 0.780. The van der Waals surface area contributed by atoms with Crippen LogP contribution in [0.4, 0.5) is 4.39 Å². The van der Waals surface area contributed by atoms with Crippen LogP contribution >= 0.6 is 0 Å². The molecule has 0 fully saturated rings. The zero-order valence-electron chi connectivity index (χ0n) is 10.3. The van der Waals surface area contributed by atoms with Crippen LogP contribution in [0.2, 0.25) is 0 Å². The molecule has 0 saturated carbocycles. The van der Waals surface area contributed by atoms with Gasteiger partial charge >= 0.3 is 0 Å². The van der Waals surface area contributed by atoms with Gasteiger partial charge in [0.1, 0.15) is 5.82 Å². The van der Waals surface area contributed by atoms with Gasteiger partial charge in [0.2, 0.25) is 0 Å². The Morgan fingerprint density at radius 3 is 2.78 bits per heavy atom. The van der Waals surface area contributed by atoms with Gasteiger partial charge in [0.25, 0.3) is 0 Å². The first-order valence-corrected chi connectivity index (χ1v) is 5.68. The van der Waals surface area contributed by atoms with Crippen LogP contribution in [0.3, 0.4) is 0 Å². The third-order valence-electron chi connectivity index (χ3n) is 2.28. The van der Waals surface area contributed by atoms with Crippen molar-refractivity contribution >= 4 is 0 Å². The summed E-state index contributed by atoms with van der Waals surface area (Å²) in [5.41, 5.74) is 6.01. The second kappa shape index (κ2) is 5.14. The number of rotatable bonds is 4. The first-order valence-electron chi connectivity index (χ1n) is 5.68. The molecule has 18 heavy (non-hydrogen) atoms. The van der Waals surface area contributed by atoms with E-state index in [0.29, 0.717) is 17.2 Å². The summed E-state index contributed by atoms with van der Waals surface area (Å²) in [7, 11) is 0. The van der Waals surface area contributed by atoms with Crippen LogP contribution in [0.1, 0.15) is 19.7 Å². The van der Waals surface area contributed by atoms with E-state index in [2.05, 4.69) is 15.2 Å². The molecule has 0 aliphatic carbocycles. The molecule has 0 aliphatic heterocycles. The maximum Gasteiger partial charge on any atom is 0.181 e. The molecule has 2 aromatic rings. The van der Waals surface area contributed by atoms with Crippen molar-refractivity contribution in [3.8, 4) is 17.1 Å². The molecule has 6 heteroatoms. The molecule has 0 spiro atoms. The van der Waals surface area contributed by atoms with E-state index in [-0.39, 0.29) is 18.4 Å². The molecule has 3 N–H and O–H groups in total. The van der Waals surface area contributed by atoms with E-state index in [1.54, 1.807) is 12.1 Å². The molecule has 1 heterocycles. The van der Waals surface area contributed by atoms with E-state index in [0.717, 1.165) is 0 Å². The Balaban J connectivity index is 2.28. The van der Waals surface area contributed by atoms with Gasteiger partial charge in [-0.1, -0.05) is 0 Å². The largest absolute Gasteiger partial charge is 0.488 e. The molecule has 0 saturated heterocycles. The maximum absolute atomic E-state index is 13.8. The molecule has 0 amide bonds. The molecule has 0 unspecified atom stereocenters. The summed E-state index contributed by atoms with van der Waals surface area (Å²) >= 11 is 0. The van der Waals surface area contributed by atoms with Crippen molar-refractivity contribution in [1.29, 1.82) is 0 Å². The highest BCUT2D eigenvalue weighted by atomic mass is 19.1. The van der Waals surface area contributed by atoms with Crippen LogP contribution in [0.15, 0.2) is 18.2 Å². The number of hydrogen-bond donors (Lipinski definition) is 2. The highest BCUT2D eigenvalue weighted by molar-refractivity contribution is 5.56. The zero-order chi connectivity index (χ0) is 13.1. The second-order valence-electron chi connectivity index (χ2n) is 4.12. The van der Waals surface area contributed by atoms with Crippen LogP contribution in [0.25, 0.3) is 11.4 Å². The minimum atomic E-state index is -0.430. The van der Waals surface area contributed by atoms with Crippen molar-refractivity contribution < 1.29 is 9.13 Å². The fraction of sp³-hybridized carbons (Fsp3) is 0.333. The van der Waals surface area contributed by atoms with Gasteiger partial charge < -0.3 is 10.5 Å². The fourth-order valence-electron chi connectivity index (χ4n) is 1.51. The monoisotopic (exact) mass is 250 g/mol. The minimum Gasteiger partial charge on any atom is -0.488 e. The van der Waals surface area contributed by atoms with Gasteiger partial charge in [0.15, 0.2) is 17.4 Å². The van der Waals surface area contributed by atoms with E-state index in [1.165, 1.54) is 6.07 Å². The van der Waals surface area contributed by atoms with Crippen molar-refractivity contribution in [1.82, 2.24) is 15.2 Å². The van der Waals surface area contributed by atoms with E-state index in [4.69, 9.17) is 10.5 Å². The van der Waals surface area contributed by atoms with Crippen molar-refractivity contribution in [2.45, 2.75) is 26.5 Å². The van der Waals surface area contributed by atoms with Gasteiger partial charge in [-0.05, 0) is 32.0 Å². The van der Waals surface area contributed by atoms with Gasteiger partial charge in [-0.15, -0.1) is 0 Å². The Kier molecular flexibility index (Phi) is 3.57. The molecule has 0 radical (unpaired) electrons. The Bertz CT molecular complexity index is 539. The third kappa shape index (κ3) is 2.65. The molecule has 5 nitrogen and oxygen atoms in total. The molecule has 96 valence electrons. The first kappa shape index (κ1) is 12.5. The van der Waals surface area contributed by atoms with E-state index >= 15 is 0 Å². The van der Waals surface area contributed by atoms with Crippen LogP contribution in [0, 0.1) is 5.82 Å². The standard InChI is InChI=1S/C12H15FN4O/c1-7(2)18-10-4-3-8(5-9(10)13)12-15-11(6-14)16-17-12/h3-5,7H,6,14H2,1-2H3,(H,15,16,17). The van der Waals surface area contributed by atoms with E-state index < -0.39 is 5.82 Å². The zero-order valence-corrected chi connectivity index (χ0v) is 10.3. The summed E-state index contributed by atoms with van der Waals surface area (Å²) in [6.07, 6.45) is -0.0716. The number of aromatic nitrogens is 3. The number of nitrogens with one attached hydrogen (secondary N) is 1. The lowest BCUT2D eigenvalue weighted by Crippen LogP contribution is -2.06. The third-order valence-corrected chi connectivity index (χ3v) is 2.28. The number of hydrogen-bond acceptors (Lipinski definition) is 4. The SMILES string of the molecule is CC(C)Oc1ccc(-c2n[nH]c(CN)n2)cc1F. The quantitative estimate of drug-likeness (QED) is 0.868. The van der Waals surface area contributed by atoms with Crippen molar-refractivity contribution in [2.75, 3.05) is 0 Å². The molecule has 0 atom stereocenters. The summed E-state index contributed by atoms with van der Waals surface area (Å²) in [6.45, 7) is 3.95. The number of ether oxygens (including phenoxy) is 1. The summed E-state index contributed by atoms with van der Waals surface area (Å²) in [4.78, 5) is 4.13. The minimum absolute atomic E-state index is 0.0716. The van der Waals surface area contributed by atoms with Crippen LogP contribution in [0.5, 0.6) is 5.75 Å². The van der Waals surface area contributed by atoms with Crippen LogP contribution in [-0.4, -0.2) is 21.3 Å². The van der Waals surface area contributed by atoms with Crippen molar-refractivity contribution in [3.63, 3.8) is 0 Å². The number of H-pyrrole nitrogens is 1. The topological polar surface area (TPSA) is 76.8 Å². The molecule has 1 aromatic carbocycles. The van der Waals surface area contributed by atoms with Gasteiger partial charge in [-0.2, -0.15) is 5.10 Å². The number of halogens is 1. The molecule has 0 aliphatic rings. The molecular formula is C12H15FN4O. The highest BCUT2D eigenvalue weighted by Gasteiger charge is 2.10. The van der Waals surface area contributed by atoms with Crippen LogP contribution < -0.4 is 10.5 Å². The molecule has 2 rings (SSSR count). The van der Waals surface area contributed by atoms with Crippen molar-refractivity contribution in [2.24, 2.45) is 5.73 Å². The Labute approximate surface area is 104 Å². The van der Waals surface area contributed by atoms with Crippen LogP contribution in [-0.2, 0) is 6.54 Å². The summed E-state index contributed by atoms with van der Waals surface area (Å²) in [5, 5.41) is 6.65. The predicted octanol–water partition coefficient (Wildman–Crippen LogP) is 1.86. The molecular weight excluding hydrogens is 235 g/mol. The van der Waals surface area contributed by atoms with Crippen molar-refractivity contribution in [3.05, 3.63) is 29.8 Å². The number of benzene rings is 1.